The molecule has 0 rings (SSSR count). The molecule has 0 aromatic carbocycles. The number of hydrogen-bond acceptors (Lipinski definition) is 2. The van der Waals surface area contributed by atoms with E-state index in [1.54, 1.807) is 0 Å². The lowest BCUT2D eigenvalue weighted by atomic mass is 9.87. The van der Waals surface area contributed by atoms with Gasteiger partial charge in [0, 0.05) is 0 Å². The van der Waals surface area contributed by atoms with Crippen LogP contribution in [0.5, 0.6) is 0 Å². The summed E-state index contributed by atoms with van der Waals surface area (Å²) in [5, 5.41) is 0. The maximum Gasteiger partial charge on any atom is 0.434 e. The Morgan fingerprint density at radius 2 is 1.30 bits per heavy atom. The van der Waals surface area contributed by atoms with Crippen LogP contribution in [0, 0.1) is 5.41 Å². The van der Waals surface area contributed by atoms with Crippen molar-refractivity contribution in [3.05, 3.63) is 0 Å². The molecule has 1 unspecified atom stereocenters. The highest BCUT2D eigenvalue weighted by atomic mass is 19.4. The van der Waals surface area contributed by atoms with Gasteiger partial charge in [-0.3, -0.25) is 4.79 Å². The fourth-order valence-corrected chi connectivity index (χ4v) is 1.02. The van der Waals surface area contributed by atoms with Crippen LogP contribution in [-0.4, -0.2) is 30.6 Å². The molecule has 1 atom stereocenters. The second-order valence-corrected chi connectivity index (χ2v) is 4.05. The van der Waals surface area contributed by atoms with Gasteiger partial charge in [-0.1, -0.05) is 6.92 Å². The first-order chi connectivity index (χ1) is 8.57. The minimum atomic E-state index is -6.06. The van der Waals surface area contributed by atoms with Gasteiger partial charge in [-0.2, -0.15) is 39.5 Å². The Labute approximate surface area is 106 Å². The molecule has 0 fully saturated rings. The number of alkyl halides is 9. The van der Waals surface area contributed by atoms with Crippen LogP contribution in [0.25, 0.3) is 0 Å². The summed E-state index contributed by atoms with van der Waals surface area (Å²) in [5.74, 6) is -2.63. The topological polar surface area (TPSA) is 26.3 Å². The largest absolute Gasteiger partial charge is 0.442 e. The fourth-order valence-electron chi connectivity index (χ4n) is 1.02. The highest BCUT2D eigenvalue weighted by molar-refractivity contribution is 5.77. The van der Waals surface area contributed by atoms with Crippen LogP contribution in [-0.2, 0) is 9.53 Å². The van der Waals surface area contributed by atoms with E-state index >= 15 is 0 Å². The highest BCUT2D eigenvalue weighted by Gasteiger charge is 2.63. The Kier molecular flexibility index (Phi) is 5.01. The van der Waals surface area contributed by atoms with E-state index in [-0.39, 0.29) is 6.92 Å². The molecule has 0 spiro atoms. The Morgan fingerprint density at radius 3 is 1.50 bits per heavy atom. The van der Waals surface area contributed by atoms with Crippen LogP contribution in [0.1, 0.15) is 20.3 Å². The molecule has 0 amide bonds. The first-order valence-corrected chi connectivity index (χ1v) is 4.98. The van der Waals surface area contributed by atoms with Gasteiger partial charge in [0.1, 0.15) is 0 Å². The Morgan fingerprint density at radius 1 is 0.950 bits per heavy atom. The SMILES string of the molecule is CCC(C)(C(=O)OC(C(F)(F)F)C(F)(F)F)C(F)(F)F. The van der Waals surface area contributed by atoms with Gasteiger partial charge in [-0.05, 0) is 13.3 Å². The van der Waals surface area contributed by atoms with E-state index < -0.39 is 42.4 Å². The molecule has 0 N–H and O–H groups in total. The van der Waals surface area contributed by atoms with Crippen molar-refractivity contribution in [1.82, 2.24) is 0 Å². The van der Waals surface area contributed by atoms with Crippen LogP contribution in [0.4, 0.5) is 39.5 Å². The van der Waals surface area contributed by atoms with Crippen LogP contribution in [0.3, 0.4) is 0 Å². The highest BCUT2D eigenvalue weighted by Crippen LogP contribution is 2.44. The molecule has 0 radical (unpaired) electrons. The molecule has 0 aliphatic heterocycles. The average Bonchev–Trinajstić information content (AvgIpc) is 2.19. The van der Waals surface area contributed by atoms with Crippen molar-refractivity contribution in [2.24, 2.45) is 5.41 Å². The lowest BCUT2D eigenvalue weighted by Crippen LogP contribution is -2.51. The maximum atomic E-state index is 12.5. The predicted molar refractivity (Wildman–Crippen MR) is 46.4 cm³/mol. The molecule has 0 aromatic rings. The summed E-state index contributed by atoms with van der Waals surface area (Å²) in [6.45, 7) is 0.948. The Bertz CT molecular complexity index is 340. The van der Waals surface area contributed by atoms with Gasteiger partial charge in [0.15, 0.2) is 5.41 Å². The number of carbonyl (C=O) groups excluding carboxylic acids is 1. The molecule has 0 aromatic heterocycles. The monoisotopic (exact) mass is 320 g/mol. The number of carbonyl (C=O) groups is 1. The second-order valence-electron chi connectivity index (χ2n) is 4.05. The molecular weight excluding hydrogens is 311 g/mol. The van der Waals surface area contributed by atoms with E-state index in [4.69, 9.17) is 0 Å². The molecule has 0 aliphatic carbocycles. The zero-order chi connectivity index (χ0) is 16.6. The minimum Gasteiger partial charge on any atom is -0.442 e. The van der Waals surface area contributed by atoms with Crippen molar-refractivity contribution in [3.8, 4) is 0 Å². The summed E-state index contributed by atoms with van der Waals surface area (Å²) in [4.78, 5) is 11.1. The van der Waals surface area contributed by atoms with Crippen LogP contribution >= 0.6 is 0 Å². The van der Waals surface area contributed by atoms with E-state index in [0.717, 1.165) is 6.92 Å². The summed E-state index contributed by atoms with van der Waals surface area (Å²) in [5.41, 5.74) is -3.46. The first kappa shape index (κ1) is 18.8. The van der Waals surface area contributed by atoms with E-state index in [1.807, 2.05) is 0 Å². The van der Waals surface area contributed by atoms with Crippen molar-refractivity contribution in [3.63, 3.8) is 0 Å². The third kappa shape index (κ3) is 3.92. The van der Waals surface area contributed by atoms with Gasteiger partial charge >= 0.3 is 24.5 Å². The molecule has 0 saturated heterocycles. The standard InChI is InChI=1S/C9H9F9O2/c1-3-6(2,9(16,17)18)5(19)20-4(7(10,11)12)8(13,14)15/h4H,3H2,1-2H3. The number of esters is 1. The Balaban J connectivity index is 5.42. The molecular formula is C9H9F9O2. The smallest absolute Gasteiger partial charge is 0.434 e. The van der Waals surface area contributed by atoms with Gasteiger partial charge in [0.05, 0.1) is 0 Å². The molecule has 0 aliphatic rings. The minimum absolute atomic E-state index is 0.166. The van der Waals surface area contributed by atoms with Gasteiger partial charge in [-0.15, -0.1) is 0 Å². The van der Waals surface area contributed by atoms with E-state index in [2.05, 4.69) is 4.74 Å². The third-order valence-corrected chi connectivity index (χ3v) is 2.60. The summed E-state index contributed by atoms with van der Waals surface area (Å²) >= 11 is 0. The van der Waals surface area contributed by atoms with Crippen LogP contribution < -0.4 is 0 Å². The first-order valence-electron chi connectivity index (χ1n) is 4.98. The number of rotatable bonds is 3. The number of hydrogen-bond donors (Lipinski definition) is 0. The molecule has 0 saturated carbocycles. The second kappa shape index (κ2) is 5.32. The van der Waals surface area contributed by atoms with Gasteiger partial charge < -0.3 is 4.74 Å². The Hall–Kier alpha value is -1.16. The molecule has 11 heteroatoms. The zero-order valence-corrected chi connectivity index (χ0v) is 10.0. The predicted octanol–water partition coefficient (Wildman–Crippen LogP) is 4.00. The molecule has 0 heterocycles. The molecule has 20 heavy (non-hydrogen) atoms. The van der Waals surface area contributed by atoms with E-state index in [0.29, 0.717) is 0 Å². The number of halogens is 9. The van der Waals surface area contributed by atoms with Gasteiger partial charge in [0.2, 0.25) is 0 Å². The molecule has 0 bridgehead atoms. The van der Waals surface area contributed by atoms with Crippen molar-refractivity contribution in [2.45, 2.75) is 44.9 Å². The third-order valence-electron chi connectivity index (χ3n) is 2.60. The van der Waals surface area contributed by atoms with Crippen LogP contribution in [0.2, 0.25) is 0 Å². The maximum absolute atomic E-state index is 12.5. The van der Waals surface area contributed by atoms with Crippen molar-refractivity contribution in [2.75, 3.05) is 0 Å². The lowest BCUT2D eigenvalue weighted by Gasteiger charge is -2.31. The van der Waals surface area contributed by atoms with Crippen molar-refractivity contribution in [1.29, 1.82) is 0 Å². The normalized spacial score (nSPS) is 17.0. The summed E-state index contributed by atoms with van der Waals surface area (Å²) < 4.78 is 113. The molecule has 120 valence electrons. The quantitative estimate of drug-likeness (QED) is 0.580. The fraction of sp³-hybridized carbons (Fsp3) is 0.889. The van der Waals surface area contributed by atoms with E-state index in [9.17, 15) is 44.3 Å². The van der Waals surface area contributed by atoms with Gasteiger partial charge in [0.25, 0.3) is 6.10 Å². The summed E-state index contributed by atoms with van der Waals surface area (Å²) in [6.07, 6.45) is -23.1. The number of ether oxygens (including phenoxy) is 1. The molecule has 2 nitrogen and oxygen atoms in total. The lowest BCUT2D eigenvalue weighted by molar-refractivity contribution is -0.321. The average molecular weight is 320 g/mol. The summed E-state index contributed by atoms with van der Waals surface area (Å²) in [6, 6.07) is 0. The van der Waals surface area contributed by atoms with Gasteiger partial charge in [-0.25, -0.2) is 0 Å². The van der Waals surface area contributed by atoms with Crippen LogP contribution in [0.15, 0.2) is 0 Å². The van der Waals surface area contributed by atoms with Crippen molar-refractivity contribution < 1.29 is 49.0 Å². The summed E-state index contributed by atoms with van der Waals surface area (Å²) in [7, 11) is 0. The van der Waals surface area contributed by atoms with E-state index in [1.165, 1.54) is 0 Å². The van der Waals surface area contributed by atoms with Crippen molar-refractivity contribution >= 4 is 5.97 Å². The zero-order valence-electron chi connectivity index (χ0n) is 10.0.